The first kappa shape index (κ1) is 19.8. The van der Waals surface area contributed by atoms with Crippen molar-refractivity contribution in [2.45, 2.75) is 26.3 Å². The monoisotopic (exact) mass is 381 g/mol. The first-order valence-electron chi connectivity index (χ1n) is 8.09. The Bertz CT molecular complexity index is 815. The summed E-state index contributed by atoms with van der Waals surface area (Å²) in [6.45, 7) is 3.16. The Hall–Kier alpha value is -2.54. The van der Waals surface area contributed by atoms with Gasteiger partial charge in [0.05, 0.1) is 7.11 Å². The molecule has 140 valence electrons. The topological polar surface area (TPSA) is 94.8 Å². The molecule has 0 unspecified atom stereocenters. The molecule has 1 aromatic heterocycles. The number of hydrogen-bond donors (Lipinski definition) is 1. The van der Waals surface area contributed by atoms with Gasteiger partial charge in [-0.2, -0.15) is 0 Å². The Morgan fingerprint density at radius 1 is 1.27 bits per heavy atom. The smallest absolute Gasteiger partial charge is 0.374 e. The molecule has 0 saturated carbocycles. The number of rotatable bonds is 7. The van der Waals surface area contributed by atoms with Crippen LogP contribution in [0.5, 0.6) is 0 Å². The molecule has 0 radical (unpaired) electrons. The summed E-state index contributed by atoms with van der Waals surface area (Å²) in [6, 6.07) is 5.60. The predicted octanol–water partition coefficient (Wildman–Crippen LogP) is 2.95. The number of amides is 1. The van der Waals surface area contributed by atoms with Crippen LogP contribution in [-0.4, -0.2) is 37.6 Å². The zero-order valence-corrected chi connectivity index (χ0v) is 15.5. The van der Waals surface area contributed by atoms with E-state index in [-0.39, 0.29) is 11.7 Å². The summed E-state index contributed by atoms with van der Waals surface area (Å²) in [5.74, 6) is -2.10. The van der Waals surface area contributed by atoms with Crippen LogP contribution >= 0.6 is 11.6 Å². The molecule has 7 nitrogen and oxygen atoms in total. The number of nitrogens with one attached hydrogen (secondary N) is 1. The lowest BCUT2D eigenvalue weighted by molar-refractivity contribution is -0.147. The number of fused-ring (bicyclic) bond motifs is 1. The number of carbonyl (C=O) groups is 3. The molecule has 0 bridgehead atoms. The van der Waals surface area contributed by atoms with Crippen molar-refractivity contribution in [1.29, 1.82) is 0 Å². The number of benzene rings is 1. The van der Waals surface area contributed by atoms with Gasteiger partial charge in [-0.15, -0.1) is 0 Å². The molecule has 0 saturated heterocycles. The van der Waals surface area contributed by atoms with Crippen molar-refractivity contribution in [2.75, 3.05) is 13.7 Å². The summed E-state index contributed by atoms with van der Waals surface area (Å²) < 4.78 is 15.0. The number of methoxy groups -OCH3 is 1. The van der Waals surface area contributed by atoms with Crippen LogP contribution in [0.3, 0.4) is 0 Å². The SMILES string of the molecule is CC[C@@H](C)[C@@H](NC(=O)COC(=O)c1cc2cc(Cl)ccc2o1)C(=O)OC. The average Bonchev–Trinajstić information content (AvgIpc) is 3.06. The molecule has 0 aliphatic rings. The first-order valence-corrected chi connectivity index (χ1v) is 8.47. The van der Waals surface area contributed by atoms with Crippen molar-refractivity contribution in [1.82, 2.24) is 5.32 Å². The summed E-state index contributed by atoms with van der Waals surface area (Å²) in [4.78, 5) is 35.8. The maximum absolute atomic E-state index is 12.0. The number of esters is 2. The minimum Gasteiger partial charge on any atom is -0.467 e. The van der Waals surface area contributed by atoms with E-state index in [4.69, 9.17) is 20.8 Å². The number of halogens is 1. The van der Waals surface area contributed by atoms with Gasteiger partial charge < -0.3 is 19.2 Å². The third kappa shape index (κ3) is 4.76. The van der Waals surface area contributed by atoms with Crippen LogP contribution in [0.15, 0.2) is 28.7 Å². The second-order valence-corrected chi connectivity index (χ2v) is 6.26. The molecule has 2 atom stereocenters. The van der Waals surface area contributed by atoms with Crippen molar-refractivity contribution in [3.8, 4) is 0 Å². The van der Waals surface area contributed by atoms with Crippen molar-refractivity contribution >= 4 is 40.4 Å². The zero-order valence-electron chi connectivity index (χ0n) is 14.7. The van der Waals surface area contributed by atoms with Crippen LogP contribution in [0.25, 0.3) is 11.0 Å². The average molecular weight is 382 g/mol. The molecule has 2 rings (SSSR count). The fourth-order valence-electron chi connectivity index (χ4n) is 2.33. The molecule has 8 heteroatoms. The highest BCUT2D eigenvalue weighted by molar-refractivity contribution is 6.31. The van der Waals surface area contributed by atoms with Gasteiger partial charge in [-0.05, 0) is 30.2 Å². The van der Waals surface area contributed by atoms with E-state index < -0.39 is 30.5 Å². The molecule has 1 amide bonds. The summed E-state index contributed by atoms with van der Waals surface area (Å²) in [7, 11) is 1.25. The third-order valence-electron chi connectivity index (χ3n) is 4.00. The van der Waals surface area contributed by atoms with E-state index in [9.17, 15) is 14.4 Å². The lowest BCUT2D eigenvalue weighted by atomic mass is 9.99. The largest absolute Gasteiger partial charge is 0.467 e. The van der Waals surface area contributed by atoms with Crippen LogP contribution in [0, 0.1) is 5.92 Å². The molecule has 1 heterocycles. The minimum absolute atomic E-state index is 0.0403. The van der Waals surface area contributed by atoms with E-state index in [1.54, 1.807) is 18.2 Å². The Labute approximate surface area is 155 Å². The van der Waals surface area contributed by atoms with Crippen LogP contribution in [0.4, 0.5) is 0 Å². The van der Waals surface area contributed by atoms with Gasteiger partial charge in [-0.3, -0.25) is 4.79 Å². The van der Waals surface area contributed by atoms with E-state index in [1.807, 2.05) is 13.8 Å². The number of ether oxygens (including phenoxy) is 2. The molecular formula is C18H20ClNO6. The van der Waals surface area contributed by atoms with E-state index in [2.05, 4.69) is 10.1 Å². The summed E-state index contributed by atoms with van der Waals surface area (Å²) in [6.07, 6.45) is 0.668. The maximum Gasteiger partial charge on any atom is 0.374 e. The van der Waals surface area contributed by atoms with Gasteiger partial charge in [0.15, 0.2) is 6.61 Å². The standard InChI is InChI=1S/C18H20ClNO6/c1-4-10(2)16(18(23)24-3)20-15(21)9-25-17(22)14-8-11-7-12(19)5-6-13(11)26-14/h5-8,10,16H,4,9H2,1-3H3,(H,20,21)/t10-,16-/m1/s1. The van der Waals surface area contributed by atoms with Gasteiger partial charge in [0.25, 0.3) is 5.91 Å². The normalized spacial score (nSPS) is 13.1. The Kier molecular flexibility index (Phi) is 6.63. The highest BCUT2D eigenvalue weighted by Crippen LogP contribution is 2.23. The molecule has 0 spiro atoms. The molecule has 2 aromatic rings. The van der Waals surface area contributed by atoms with Gasteiger partial charge in [-0.1, -0.05) is 31.9 Å². The molecule has 0 aliphatic heterocycles. The molecular weight excluding hydrogens is 362 g/mol. The molecule has 1 aromatic carbocycles. The van der Waals surface area contributed by atoms with Gasteiger partial charge in [-0.25, -0.2) is 9.59 Å². The third-order valence-corrected chi connectivity index (χ3v) is 4.23. The molecule has 0 aliphatic carbocycles. The van der Waals surface area contributed by atoms with Crippen LogP contribution < -0.4 is 5.32 Å². The second-order valence-electron chi connectivity index (χ2n) is 5.82. The molecule has 0 fully saturated rings. The fourth-order valence-corrected chi connectivity index (χ4v) is 2.51. The summed E-state index contributed by atoms with van der Waals surface area (Å²) in [5, 5.41) is 3.68. The highest BCUT2D eigenvalue weighted by atomic mass is 35.5. The van der Waals surface area contributed by atoms with E-state index in [1.165, 1.54) is 13.2 Å². The Morgan fingerprint density at radius 3 is 2.65 bits per heavy atom. The predicted molar refractivity (Wildman–Crippen MR) is 94.9 cm³/mol. The van der Waals surface area contributed by atoms with Gasteiger partial charge >= 0.3 is 11.9 Å². The van der Waals surface area contributed by atoms with Gasteiger partial charge in [0.1, 0.15) is 11.6 Å². The maximum atomic E-state index is 12.0. The van der Waals surface area contributed by atoms with E-state index in [0.29, 0.717) is 22.4 Å². The number of hydrogen-bond acceptors (Lipinski definition) is 6. The quantitative estimate of drug-likeness (QED) is 0.741. The second kappa shape index (κ2) is 8.71. The molecule has 26 heavy (non-hydrogen) atoms. The number of furan rings is 1. The van der Waals surface area contributed by atoms with Crippen molar-refractivity contribution in [2.24, 2.45) is 5.92 Å². The minimum atomic E-state index is -0.801. The fraction of sp³-hybridized carbons (Fsp3) is 0.389. The zero-order chi connectivity index (χ0) is 19.3. The molecule has 1 N–H and O–H groups in total. The van der Waals surface area contributed by atoms with Crippen LogP contribution in [0.1, 0.15) is 30.8 Å². The lowest BCUT2D eigenvalue weighted by Gasteiger charge is -2.21. The van der Waals surface area contributed by atoms with Crippen LogP contribution in [0.2, 0.25) is 5.02 Å². The van der Waals surface area contributed by atoms with Crippen LogP contribution in [-0.2, 0) is 19.1 Å². The number of carbonyl (C=O) groups excluding carboxylic acids is 3. The lowest BCUT2D eigenvalue weighted by Crippen LogP contribution is -2.47. The Morgan fingerprint density at radius 2 is 2.00 bits per heavy atom. The van der Waals surface area contributed by atoms with Crippen molar-refractivity contribution in [3.63, 3.8) is 0 Å². The summed E-state index contributed by atoms with van der Waals surface area (Å²) in [5.41, 5.74) is 0.480. The van der Waals surface area contributed by atoms with Gasteiger partial charge in [0.2, 0.25) is 5.76 Å². The van der Waals surface area contributed by atoms with Crippen molar-refractivity contribution < 1.29 is 28.3 Å². The first-order chi connectivity index (χ1) is 12.3. The van der Waals surface area contributed by atoms with Crippen molar-refractivity contribution in [3.05, 3.63) is 35.0 Å². The Balaban J connectivity index is 1.96. The highest BCUT2D eigenvalue weighted by Gasteiger charge is 2.27. The summed E-state index contributed by atoms with van der Waals surface area (Å²) >= 11 is 5.89. The van der Waals surface area contributed by atoms with Gasteiger partial charge in [0, 0.05) is 10.4 Å². The van der Waals surface area contributed by atoms with E-state index in [0.717, 1.165) is 0 Å². The van der Waals surface area contributed by atoms with E-state index >= 15 is 0 Å².